The maximum Gasteiger partial charge on any atom is 0.489 e. The second-order valence-electron chi connectivity index (χ2n) is 6.60. The van der Waals surface area contributed by atoms with E-state index in [1.807, 2.05) is 18.2 Å². The Morgan fingerprint density at radius 2 is 2.09 bits per heavy atom. The van der Waals surface area contributed by atoms with Crippen LogP contribution in [0.2, 0.25) is 0 Å². The van der Waals surface area contributed by atoms with Crippen molar-refractivity contribution in [3.63, 3.8) is 0 Å². The SMILES string of the molecule is O=C(N[C@@H]1CN2CCC1CC2)C1(B(O)O)NSc2ccccc21. The Balaban J connectivity index is 1.60. The Kier molecular flexibility index (Phi) is 3.89. The highest BCUT2D eigenvalue weighted by Gasteiger charge is 2.56. The van der Waals surface area contributed by atoms with E-state index in [0.717, 1.165) is 37.4 Å². The van der Waals surface area contributed by atoms with Crippen molar-refractivity contribution in [2.24, 2.45) is 5.92 Å². The maximum absolute atomic E-state index is 13.0. The van der Waals surface area contributed by atoms with Gasteiger partial charge in [0.1, 0.15) is 0 Å². The van der Waals surface area contributed by atoms with E-state index in [0.29, 0.717) is 11.5 Å². The summed E-state index contributed by atoms with van der Waals surface area (Å²) in [5.41, 5.74) is -0.883. The number of amides is 1. The Labute approximate surface area is 139 Å². The van der Waals surface area contributed by atoms with Gasteiger partial charge in [-0.05, 0) is 55.4 Å². The van der Waals surface area contributed by atoms with Crippen molar-refractivity contribution in [1.82, 2.24) is 14.9 Å². The average molecular weight is 333 g/mol. The van der Waals surface area contributed by atoms with Gasteiger partial charge in [-0.2, -0.15) is 0 Å². The first kappa shape index (κ1) is 15.5. The van der Waals surface area contributed by atoms with Gasteiger partial charge in [0, 0.05) is 17.5 Å². The van der Waals surface area contributed by atoms with Crippen LogP contribution in [0.25, 0.3) is 0 Å². The van der Waals surface area contributed by atoms with E-state index in [1.165, 1.54) is 11.9 Å². The van der Waals surface area contributed by atoms with Gasteiger partial charge >= 0.3 is 7.12 Å². The molecule has 1 aromatic carbocycles. The van der Waals surface area contributed by atoms with E-state index in [4.69, 9.17) is 0 Å². The summed E-state index contributed by atoms with van der Waals surface area (Å²) in [4.78, 5) is 16.2. The largest absolute Gasteiger partial charge is 0.489 e. The van der Waals surface area contributed by atoms with Crippen LogP contribution >= 0.6 is 11.9 Å². The number of hydrogen-bond acceptors (Lipinski definition) is 6. The fraction of sp³-hybridized carbons (Fsp3) is 0.533. The minimum atomic E-state index is -1.81. The summed E-state index contributed by atoms with van der Waals surface area (Å²) in [6.45, 7) is 3.05. The van der Waals surface area contributed by atoms with Gasteiger partial charge in [-0.3, -0.25) is 4.79 Å². The predicted octanol–water partition coefficient (Wildman–Crippen LogP) is -0.285. The van der Waals surface area contributed by atoms with Crippen LogP contribution in [0.1, 0.15) is 18.4 Å². The minimum absolute atomic E-state index is 0.0835. The van der Waals surface area contributed by atoms with Gasteiger partial charge in [0.2, 0.25) is 5.91 Å². The molecule has 2 bridgehead atoms. The van der Waals surface area contributed by atoms with Crippen LogP contribution in [0.5, 0.6) is 0 Å². The standard InChI is InChI=1S/C15H20BN3O3S/c20-14(17-12-9-19-7-5-10(12)6-8-19)15(16(21)22)11-3-1-2-4-13(11)23-18-15/h1-4,10,12,18,21-22H,5-9H2,(H,17,20)/t12-,15?/m1/s1. The first-order valence-corrected chi connectivity index (χ1v) is 8.86. The maximum atomic E-state index is 13.0. The molecule has 2 atom stereocenters. The molecule has 5 rings (SSSR count). The van der Waals surface area contributed by atoms with Gasteiger partial charge < -0.3 is 20.3 Å². The zero-order valence-electron chi connectivity index (χ0n) is 12.7. The van der Waals surface area contributed by atoms with Gasteiger partial charge in [0.05, 0.1) is 0 Å². The van der Waals surface area contributed by atoms with Crippen LogP contribution in [0, 0.1) is 5.92 Å². The molecule has 3 saturated heterocycles. The Morgan fingerprint density at radius 1 is 1.35 bits per heavy atom. The molecule has 8 heteroatoms. The summed E-state index contributed by atoms with van der Waals surface area (Å²) in [5.74, 6) is 0.129. The lowest BCUT2D eigenvalue weighted by Crippen LogP contribution is -2.65. The molecule has 3 fully saturated rings. The molecule has 0 aliphatic carbocycles. The molecule has 4 N–H and O–H groups in total. The smallest absolute Gasteiger partial charge is 0.425 e. The molecule has 23 heavy (non-hydrogen) atoms. The zero-order chi connectivity index (χ0) is 16.0. The predicted molar refractivity (Wildman–Crippen MR) is 88.4 cm³/mol. The van der Waals surface area contributed by atoms with Crippen molar-refractivity contribution in [2.45, 2.75) is 29.2 Å². The minimum Gasteiger partial charge on any atom is -0.425 e. The molecular weight excluding hydrogens is 313 g/mol. The Bertz CT molecular complexity index is 624. The Morgan fingerprint density at radius 3 is 2.74 bits per heavy atom. The first-order chi connectivity index (χ1) is 11.1. The number of fused-ring (bicyclic) bond motifs is 4. The summed E-state index contributed by atoms with van der Waals surface area (Å²) in [7, 11) is -1.81. The van der Waals surface area contributed by atoms with E-state index < -0.39 is 12.6 Å². The fourth-order valence-corrected chi connectivity index (χ4v) is 5.03. The second kappa shape index (κ2) is 5.79. The number of carbonyl (C=O) groups is 1. The van der Waals surface area contributed by atoms with Crippen LogP contribution in [0.4, 0.5) is 0 Å². The number of hydrogen-bond donors (Lipinski definition) is 4. The normalized spacial score (nSPS) is 35.0. The van der Waals surface area contributed by atoms with Crippen molar-refractivity contribution in [2.75, 3.05) is 19.6 Å². The lowest BCUT2D eigenvalue weighted by molar-refractivity contribution is -0.127. The molecule has 1 aromatic rings. The molecular formula is C15H20BN3O3S. The second-order valence-corrected chi connectivity index (χ2v) is 7.45. The number of piperidine rings is 3. The molecule has 122 valence electrons. The number of carbonyl (C=O) groups excluding carboxylic acids is 1. The van der Waals surface area contributed by atoms with Gasteiger partial charge in [-0.15, -0.1) is 0 Å². The van der Waals surface area contributed by atoms with Crippen LogP contribution < -0.4 is 10.0 Å². The molecule has 0 aromatic heterocycles. The fourth-order valence-electron chi connectivity index (χ4n) is 3.96. The summed E-state index contributed by atoms with van der Waals surface area (Å²) >= 11 is 1.27. The molecule has 1 unspecified atom stereocenters. The number of nitrogens with zero attached hydrogens (tertiary/aromatic N) is 1. The van der Waals surface area contributed by atoms with Crippen LogP contribution in [0.3, 0.4) is 0 Å². The zero-order valence-corrected chi connectivity index (χ0v) is 13.6. The van der Waals surface area contributed by atoms with Crippen LogP contribution in [-0.2, 0) is 10.2 Å². The summed E-state index contributed by atoms with van der Waals surface area (Å²) in [6, 6.07) is 7.42. The molecule has 4 aliphatic rings. The summed E-state index contributed by atoms with van der Waals surface area (Å²) in [5, 5.41) is 23.1. The van der Waals surface area contributed by atoms with E-state index in [1.54, 1.807) is 6.07 Å². The van der Waals surface area contributed by atoms with Crippen molar-refractivity contribution in [3.05, 3.63) is 29.8 Å². The van der Waals surface area contributed by atoms with Crippen LogP contribution in [0.15, 0.2) is 29.2 Å². The van der Waals surface area contributed by atoms with Crippen molar-refractivity contribution in [1.29, 1.82) is 0 Å². The lowest BCUT2D eigenvalue weighted by Gasteiger charge is -2.45. The number of benzene rings is 1. The third-order valence-electron chi connectivity index (χ3n) is 5.35. The van der Waals surface area contributed by atoms with Gasteiger partial charge in [-0.1, -0.05) is 18.2 Å². The van der Waals surface area contributed by atoms with E-state index in [-0.39, 0.29) is 11.9 Å². The number of nitrogens with one attached hydrogen (secondary N) is 2. The third kappa shape index (κ3) is 2.40. The average Bonchev–Trinajstić information content (AvgIpc) is 2.97. The first-order valence-electron chi connectivity index (χ1n) is 8.04. The lowest BCUT2D eigenvalue weighted by atomic mass is 9.61. The highest BCUT2D eigenvalue weighted by molar-refractivity contribution is 7.97. The highest BCUT2D eigenvalue weighted by atomic mass is 32.2. The third-order valence-corrected chi connectivity index (χ3v) is 6.35. The summed E-state index contributed by atoms with van der Waals surface area (Å²) < 4.78 is 2.96. The van der Waals surface area contributed by atoms with Crippen molar-refractivity contribution >= 4 is 25.0 Å². The molecule has 0 saturated carbocycles. The van der Waals surface area contributed by atoms with Gasteiger partial charge in [0.25, 0.3) is 0 Å². The topological polar surface area (TPSA) is 84.8 Å². The number of rotatable bonds is 3. The van der Waals surface area contributed by atoms with E-state index in [2.05, 4.69) is 14.9 Å². The molecule has 0 radical (unpaired) electrons. The summed E-state index contributed by atoms with van der Waals surface area (Å²) in [6.07, 6.45) is 2.19. The molecule has 6 nitrogen and oxygen atoms in total. The van der Waals surface area contributed by atoms with Gasteiger partial charge in [0.15, 0.2) is 5.44 Å². The van der Waals surface area contributed by atoms with E-state index in [9.17, 15) is 14.8 Å². The quantitative estimate of drug-likeness (QED) is 0.450. The van der Waals surface area contributed by atoms with Crippen molar-refractivity contribution in [3.8, 4) is 0 Å². The molecule has 4 aliphatic heterocycles. The monoisotopic (exact) mass is 333 g/mol. The van der Waals surface area contributed by atoms with Crippen molar-refractivity contribution < 1.29 is 14.8 Å². The highest BCUT2D eigenvalue weighted by Crippen LogP contribution is 2.40. The van der Waals surface area contributed by atoms with Crippen LogP contribution in [-0.4, -0.2) is 53.6 Å². The van der Waals surface area contributed by atoms with E-state index >= 15 is 0 Å². The van der Waals surface area contributed by atoms with Gasteiger partial charge in [-0.25, -0.2) is 4.72 Å². The molecule has 1 amide bonds. The Hall–Kier alpha value is -1.06. The molecule has 4 heterocycles. The molecule has 0 spiro atoms.